The van der Waals surface area contributed by atoms with Gasteiger partial charge >= 0.3 is 0 Å². The van der Waals surface area contributed by atoms with E-state index in [2.05, 4.69) is 6.92 Å². The van der Waals surface area contributed by atoms with Gasteiger partial charge in [-0.25, -0.2) is 0 Å². The fourth-order valence-corrected chi connectivity index (χ4v) is 2.87. The zero-order chi connectivity index (χ0) is 7.95. The summed E-state index contributed by atoms with van der Waals surface area (Å²) in [4.78, 5) is 0. The number of aliphatic hydroxyl groups is 1. The highest BCUT2D eigenvalue weighted by Crippen LogP contribution is 2.68. The number of unbranched alkanes of at least 4 members (excludes halogenated alkanes) is 1. The third-order valence-corrected chi connectivity index (χ3v) is 3.75. The van der Waals surface area contributed by atoms with E-state index in [0.29, 0.717) is 5.41 Å². The van der Waals surface area contributed by atoms with Crippen molar-refractivity contribution >= 4 is 0 Å². The van der Waals surface area contributed by atoms with Crippen LogP contribution in [0.3, 0.4) is 0 Å². The van der Waals surface area contributed by atoms with Crippen LogP contribution >= 0.6 is 0 Å². The van der Waals surface area contributed by atoms with Gasteiger partial charge in [0.15, 0.2) is 0 Å². The first-order valence-electron chi connectivity index (χ1n) is 4.95. The van der Waals surface area contributed by atoms with Crippen LogP contribution in [-0.4, -0.2) is 10.7 Å². The van der Waals surface area contributed by atoms with Gasteiger partial charge in [0.1, 0.15) is 0 Å². The molecule has 0 bridgehead atoms. The van der Waals surface area contributed by atoms with Gasteiger partial charge in [0.2, 0.25) is 0 Å². The molecular formula is C10H18O. The van der Waals surface area contributed by atoms with E-state index in [4.69, 9.17) is 0 Å². The van der Waals surface area contributed by atoms with E-state index in [1.54, 1.807) is 0 Å². The Kier molecular flexibility index (Phi) is 1.54. The van der Waals surface area contributed by atoms with Crippen molar-refractivity contribution in [1.82, 2.24) is 0 Å². The number of hydrogen-bond acceptors (Lipinski definition) is 1. The smallest absolute Gasteiger partial charge is 0.0711 e. The van der Waals surface area contributed by atoms with Crippen molar-refractivity contribution in [2.24, 2.45) is 5.41 Å². The second kappa shape index (κ2) is 2.22. The largest absolute Gasteiger partial charge is 0.389 e. The molecular weight excluding hydrogens is 136 g/mol. The lowest BCUT2D eigenvalue weighted by Gasteiger charge is -2.12. The molecule has 0 saturated heterocycles. The maximum atomic E-state index is 9.95. The van der Waals surface area contributed by atoms with E-state index in [-0.39, 0.29) is 5.60 Å². The SMILES string of the molecule is CCCCC12CCCC1(O)C2. The van der Waals surface area contributed by atoms with E-state index in [1.165, 1.54) is 32.1 Å². The molecule has 0 radical (unpaired) electrons. The summed E-state index contributed by atoms with van der Waals surface area (Å²) in [5.41, 5.74) is 0.213. The Morgan fingerprint density at radius 3 is 2.64 bits per heavy atom. The van der Waals surface area contributed by atoms with Crippen molar-refractivity contribution in [3.05, 3.63) is 0 Å². The summed E-state index contributed by atoms with van der Waals surface area (Å²) in [5, 5.41) is 9.95. The van der Waals surface area contributed by atoms with E-state index in [9.17, 15) is 5.11 Å². The molecule has 0 spiro atoms. The predicted molar refractivity (Wildman–Crippen MR) is 45.4 cm³/mol. The van der Waals surface area contributed by atoms with Crippen molar-refractivity contribution in [2.75, 3.05) is 0 Å². The monoisotopic (exact) mass is 154 g/mol. The van der Waals surface area contributed by atoms with E-state index < -0.39 is 0 Å². The molecule has 0 aromatic rings. The molecule has 2 aliphatic rings. The van der Waals surface area contributed by atoms with Crippen LogP contribution in [0.5, 0.6) is 0 Å². The molecule has 0 aliphatic heterocycles. The van der Waals surface area contributed by atoms with Gasteiger partial charge in [-0.1, -0.05) is 19.8 Å². The van der Waals surface area contributed by atoms with Crippen LogP contribution in [0, 0.1) is 5.41 Å². The molecule has 64 valence electrons. The zero-order valence-electron chi connectivity index (χ0n) is 7.40. The summed E-state index contributed by atoms with van der Waals surface area (Å²) < 4.78 is 0. The summed E-state index contributed by atoms with van der Waals surface area (Å²) >= 11 is 0. The minimum atomic E-state index is -0.192. The average Bonchev–Trinajstić information content (AvgIpc) is 2.43. The molecule has 11 heavy (non-hydrogen) atoms. The van der Waals surface area contributed by atoms with Gasteiger partial charge in [-0.2, -0.15) is 0 Å². The highest BCUT2D eigenvalue weighted by atomic mass is 16.3. The van der Waals surface area contributed by atoms with E-state index >= 15 is 0 Å². The molecule has 0 aromatic carbocycles. The Hall–Kier alpha value is -0.0400. The number of rotatable bonds is 3. The van der Waals surface area contributed by atoms with Crippen LogP contribution in [0.1, 0.15) is 51.9 Å². The normalized spacial score (nSPS) is 47.5. The van der Waals surface area contributed by atoms with Crippen molar-refractivity contribution in [2.45, 2.75) is 57.5 Å². The lowest BCUT2D eigenvalue weighted by Crippen LogP contribution is -2.12. The van der Waals surface area contributed by atoms with Crippen molar-refractivity contribution in [1.29, 1.82) is 0 Å². The minimum Gasteiger partial charge on any atom is -0.389 e. The van der Waals surface area contributed by atoms with Crippen LogP contribution in [0.25, 0.3) is 0 Å². The van der Waals surface area contributed by atoms with Crippen molar-refractivity contribution in [3.63, 3.8) is 0 Å². The van der Waals surface area contributed by atoms with Crippen molar-refractivity contribution < 1.29 is 5.11 Å². The van der Waals surface area contributed by atoms with E-state index in [1.807, 2.05) is 0 Å². The molecule has 2 atom stereocenters. The first kappa shape index (κ1) is 7.60. The summed E-state index contributed by atoms with van der Waals surface area (Å²) in [6.07, 6.45) is 8.61. The molecule has 2 fully saturated rings. The summed E-state index contributed by atoms with van der Waals surface area (Å²) in [7, 11) is 0. The average molecular weight is 154 g/mol. The van der Waals surface area contributed by atoms with Crippen LogP contribution < -0.4 is 0 Å². The molecule has 0 heterocycles. The Bertz CT molecular complexity index is 162. The molecule has 0 aromatic heterocycles. The lowest BCUT2D eigenvalue weighted by atomic mass is 9.96. The maximum Gasteiger partial charge on any atom is 0.0711 e. The molecule has 2 unspecified atom stereocenters. The van der Waals surface area contributed by atoms with Gasteiger partial charge in [-0.15, -0.1) is 0 Å². The molecule has 1 N–H and O–H groups in total. The molecule has 0 amide bonds. The number of fused-ring (bicyclic) bond motifs is 1. The highest BCUT2D eigenvalue weighted by Gasteiger charge is 2.68. The second-order valence-electron chi connectivity index (χ2n) is 4.45. The Morgan fingerprint density at radius 2 is 2.18 bits per heavy atom. The Morgan fingerprint density at radius 1 is 1.36 bits per heavy atom. The Labute approximate surface area is 68.8 Å². The number of hydrogen-bond donors (Lipinski definition) is 1. The van der Waals surface area contributed by atoms with Gasteiger partial charge in [0, 0.05) is 5.41 Å². The molecule has 2 saturated carbocycles. The quantitative estimate of drug-likeness (QED) is 0.662. The van der Waals surface area contributed by atoms with Crippen LogP contribution in [-0.2, 0) is 0 Å². The van der Waals surface area contributed by atoms with Gasteiger partial charge in [-0.05, 0) is 32.1 Å². The maximum absolute atomic E-state index is 9.95. The highest BCUT2D eigenvalue weighted by molar-refractivity contribution is 5.19. The van der Waals surface area contributed by atoms with Crippen molar-refractivity contribution in [3.8, 4) is 0 Å². The van der Waals surface area contributed by atoms with Gasteiger partial charge < -0.3 is 5.11 Å². The van der Waals surface area contributed by atoms with Gasteiger partial charge in [0.05, 0.1) is 5.60 Å². The van der Waals surface area contributed by atoms with Gasteiger partial charge in [-0.3, -0.25) is 0 Å². The third-order valence-electron chi connectivity index (χ3n) is 3.75. The third kappa shape index (κ3) is 0.936. The van der Waals surface area contributed by atoms with Crippen LogP contribution in [0.15, 0.2) is 0 Å². The fraction of sp³-hybridized carbons (Fsp3) is 1.00. The topological polar surface area (TPSA) is 20.2 Å². The zero-order valence-corrected chi connectivity index (χ0v) is 7.40. The summed E-state index contributed by atoms with van der Waals surface area (Å²) in [5.74, 6) is 0. The summed E-state index contributed by atoms with van der Waals surface area (Å²) in [6.45, 7) is 2.23. The first-order valence-corrected chi connectivity index (χ1v) is 4.95. The first-order chi connectivity index (χ1) is 5.22. The second-order valence-corrected chi connectivity index (χ2v) is 4.45. The Balaban J connectivity index is 1.93. The molecule has 2 aliphatic carbocycles. The fourth-order valence-electron chi connectivity index (χ4n) is 2.87. The molecule has 1 heteroatoms. The standard InChI is InChI=1S/C10H18O/c1-2-3-5-9-6-4-7-10(9,11)8-9/h11H,2-8H2,1H3. The van der Waals surface area contributed by atoms with Gasteiger partial charge in [0.25, 0.3) is 0 Å². The minimum absolute atomic E-state index is 0.192. The van der Waals surface area contributed by atoms with E-state index in [0.717, 1.165) is 12.8 Å². The van der Waals surface area contributed by atoms with Crippen LogP contribution in [0.4, 0.5) is 0 Å². The lowest BCUT2D eigenvalue weighted by molar-refractivity contribution is 0.113. The predicted octanol–water partition coefficient (Wildman–Crippen LogP) is 2.48. The summed E-state index contributed by atoms with van der Waals surface area (Å²) in [6, 6.07) is 0. The van der Waals surface area contributed by atoms with Crippen LogP contribution in [0.2, 0.25) is 0 Å². The molecule has 2 rings (SSSR count). The molecule has 1 nitrogen and oxygen atoms in total.